The molecule has 0 fully saturated rings. The largest absolute Gasteiger partial charge is 0.299 e. The van der Waals surface area contributed by atoms with Crippen LogP contribution in [0.5, 0.6) is 0 Å². The summed E-state index contributed by atoms with van der Waals surface area (Å²) in [6.45, 7) is 2.26. The second-order valence-electron chi connectivity index (χ2n) is 4.60. The third-order valence-corrected chi connectivity index (χ3v) is 3.58. The molecule has 0 saturated heterocycles. The maximum atomic E-state index is 11.0. The smallest absolute Gasteiger partial charge is 0.143 e. The summed E-state index contributed by atoms with van der Waals surface area (Å²) in [5, 5.41) is 0.532. The fourth-order valence-electron chi connectivity index (χ4n) is 1.88. The van der Waals surface area contributed by atoms with Crippen LogP contribution in [-0.4, -0.2) is 11.1 Å². The molecule has 0 unspecified atom stereocenters. The van der Waals surface area contributed by atoms with Gasteiger partial charge in [-0.25, -0.2) is 0 Å². The molecule has 0 aromatic heterocycles. The van der Waals surface area contributed by atoms with Gasteiger partial charge in [0.15, 0.2) is 0 Å². The van der Waals surface area contributed by atoms with Crippen LogP contribution in [0.3, 0.4) is 0 Å². The lowest BCUT2D eigenvalue weighted by atomic mass is 10.1. The predicted octanol–water partition coefficient (Wildman–Crippen LogP) is 5.26. The minimum Gasteiger partial charge on any atom is -0.299 e. The van der Waals surface area contributed by atoms with E-state index < -0.39 is 0 Å². The van der Waals surface area contributed by atoms with Gasteiger partial charge in [0.2, 0.25) is 0 Å². The average molecular weight is 291 g/mol. The SMILES string of the molecule is CCCCCCCCCCCCC(=O)CBr. The molecule has 1 nitrogen and oxygen atoms in total. The van der Waals surface area contributed by atoms with Crippen LogP contribution in [0.25, 0.3) is 0 Å². The number of hydrogen-bond acceptors (Lipinski definition) is 1. The third kappa shape index (κ3) is 12.2. The molecule has 0 heterocycles. The number of carbonyl (C=O) groups is 1. The number of hydrogen-bond donors (Lipinski definition) is 0. The van der Waals surface area contributed by atoms with Crippen LogP contribution in [0.1, 0.15) is 77.6 Å². The molecule has 0 aliphatic carbocycles. The molecule has 0 spiro atoms. The van der Waals surface area contributed by atoms with Gasteiger partial charge in [-0.1, -0.05) is 80.6 Å². The second-order valence-corrected chi connectivity index (χ2v) is 5.17. The highest BCUT2D eigenvalue weighted by atomic mass is 79.9. The molecule has 0 amide bonds. The van der Waals surface area contributed by atoms with Gasteiger partial charge in [0.1, 0.15) is 5.78 Å². The first-order chi connectivity index (χ1) is 7.81. The van der Waals surface area contributed by atoms with Gasteiger partial charge in [-0.05, 0) is 6.42 Å². The van der Waals surface area contributed by atoms with Crippen LogP contribution >= 0.6 is 15.9 Å². The van der Waals surface area contributed by atoms with Crippen LogP contribution in [0.15, 0.2) is 0 Å². The zero-order chi connectivity index (χ0) is 12.1. The number of rotatable bonds is 12. The van der Waals surface area contributed by atoms with Gasteiger partial charge in [-0.15, -0.1) is 0 Å². The summed E-state index contributed by atoms with van der Waals surface area (Å²) in [6.07, 6.45) is 14.1. The van der Waals surface area contributed by atoms with Crippen LogP contribution in [0, 0.1) is 0 Å². The average Bonchev–Trinajstić information content (AvgIpc) is 2.31. The highest BCUT2D eigenvalue weighted by Crippen LogP contribution is 2.11. The first kappa shape index (κ1) is 16.1. The molecule has 0 radical (unpaired) electrons. The van der Waals surface area contributed by atoms with E-state index in [2.05, 4.69) is 22.9 Å². The Morgan fingerprint density at radius 1 is 0.812 bits per heavy atom. The number of alkyl halides is 1. The van der Waals surface area contributed by atoms with Gasteiger partial charge in [0.05, 0.1) is 5.33 Å². The van der Waals surface area contributed by atoms with E-state index in [1.54, 1.807) is 0 Å². The van der Waals surface area contributed by atoms with E-state index in [0.717, 1.165) is 12.8 Å². The summed E-state index contributed by atoms with van der Waals surface area (Å²) >= 11 is 3.19. The van der Waals surface area contributed by atoms with E-state index in [-0.39, 0.29) is 0 Å². The molecule has 0 aromatic carbocycles. The van der Waals surface area contributed by atoms with Gasteiger partial charge in [-0.3, -0.25) is 4.79 Å². The number of ketones is 1. The van der Waals surface area contributed by atoms with E-state index in [0.29, 0.717) is 11.1 Å². The predicted molar refractivity (Wildman–Crippen MR) is 75.3 cm³/mol. The van der Waals surface area contributed by atoms with E-state index in [1.807, 2.05) is 0 Å². The first-order valence-electron chi connectivity index (χ1n) is 6.89. The van der Waals surface area contributed by atoms with Crippen LogP contribution < -0.4 is 0 Å². The van der Waals surface area contributed by atoms with Crippen molar-refractivity contribution in [2.24, 2.45) is 0 Å². The highest BCUT2D eigenvalue weighted by molar-refractivity contribution is 9.09. The van der Waals surface area contributed by atoms with E-state index in [9.17, 15) is 4.79 Å². The van der Waals surface area contributed by atoms with Crippen molar-refractivity contribution in [3.8, 4) is 0 Å². The van der Waals surface area contributed by atoms with Crippen molar-refractivity contribution in [2.45, 2.75) is 77.6 Å². The Morgan fingerprint density at radius 2 is 1.25 bits per heavy atom. The molecule has 0 aromatic rings. The minimum atomic E-state index is 0.347. The fraction of sp³-hybridized carbons (Fsp3) is 0.929. The van der Waals surface area contributed by atoms with Crippen molar-refractivity contribution >= 4 is 21.7 Å². The Morgan fingerprint density at radius 3 is 1.69 bits per heavy atom. The molecule has 0 saturated carbocycles. The van der Waals surface area contributed by atoms with Crippen molar-refractivity contribution in [1.29, 1.82) is 0 Å². The molecule has 0 aliphatic heterocycles. The zero-order valence-corrected chi connectivity index (χ0v) is 12.4. The molecule has 0 rings (SSSR count). The van der Waals surface area contributed by atoms with Crippen LogP contribution in [0.4, 0.5) is 0 Å². The fourth-order valence-corrected chi connectivity index (χ4v) is 2.16. The van der Waals surface area contributed by atoms with Crippen molar-refractivity contribution in [3.05, 3.63) is 0 Å². The lowest BCUT2D eigenvalue weighted by molar-refractivity contribution is -0.116. The molecule has 16 heavy (non-hydrogen) atoms. The Balaban J connectivity index is 2.96. The van der Waals surface area contributed by atoms with Crippen LogP contribution in [-0.2, 0) is 4.79 Å². The second kappa shape index (κ2) is 13.2. The topological polar surface area (TPSA) is 17.1 Å². The quantitative estimate of drug-likeness (QED) is 0.354. The molecular weight excluding hydrogens is 264 g/mol. The van der Waals surface area contributed by atoms with Gasteiger partial charge in [-0.2, -0.15) is 0 Å². The number of carbonyl (C=O) groups excluding carboxylic acids is 1. The molecule has 0 bridgehead atoms. The maximum absolute atomic E-state index is 11.0. The Bertz CT molecular complexity index is 157. The third-order valence-electron chi connectivity index (χ3n) is 2.96. The van der Waals surface area contributed by atoms with Crippen molar-refractivity contribution in [2.75, 3.05) is 5.33 Å². The Kier molecular flexibility index (Phi) is 13.3. The summed E-state index contributed by atoms with van der Waals surface area (Å²) in [4.78, 5) is 11.0. The van der Waals surface area contributed by atoms with Crippen LogP contribution in [0.2, 0.25) is 0 Å². The summed E-state index contributed by atoms with van der Waals surface area (Å²) in [6, 6.07) is 0. The van der Waals surface area contributed by atoms with Crippen molar-refractivity contribution in [1.82, 2.24) is 0 Å². The van der Waals surface area contributed by atoms with Gasteiger partial charge < -0.3 is 0 Å². The van der Waals surface area contributed by atoms with Gasteiger partial charge >= 0.3 is 0 Å². The van der Waals surface area contributed by atoms with E-state index in [1.165, 1.54) is 57.8 Å². The molecule has 2 heteroatoms. The molecule has 0 aliphatic rings. The number of unbranched alkanes of at least 4 members (excludes halogenated alkanes) is 9. The maximum Gasteiger partial charge on any atom is 0.143 e. The lowest BCUT2D eigenvalue weighted by Gasteiger charge is -2.01. The molecule has 96 valence electrons. The Labute approximate surface area is 110 Å². The van der Waals surface area contributed by atoms with Crippen molar-refractivity contribution < 1.29 is 4.79 Å². The summed E-state index contributed by atoms with van der Waals surface area (Å²) < 4.78 is 0. The van der Waals surface area contributed by atoms with Crippen molar-refractivity contribution in [3.63, 3.8) is 0 Å². The first-order valence-corrected chi connectivity index (χ1v) is 8.01. The minimum absolute atomic E-state index is 0.347. The highest BCUT2D eigenvalue weighted by Gasteiger charge is 1.98. The number of halogens is 1. The summed E-state index contributed by atoms with van der Waals surface area (Å²) in [5.41, 5.74) is 0. The Hall–Kier alpha value is 0.150. The summed E-state index contributed by atoms with van der Waals surface area (Å²) in [5.74, 6) is 0.347. The molecule has 0 N–H and O–H groups in total. The normalized spacial score (nSPS) is 10.6. The van der Waals surface area contributed by atoms with E-state index in [4.69, 9.17) is 0 Å². The monoisotopic (exact) mass is 290 g/mol. The molecular formula is C14H27BrO. The summed E-state index contributed by atoms with van der Waals surface area (Å²) in [7, 11) is 0. The standard InChI is InChI=1S/C14H27BrO/c1-2-3-4-5-6-7-8-9-10-11-12-14(16)13-15/h2-13H2,1H3. The van der Waals surface area contributed by atoms with E-state index >= 15 is 0 Å². The number of Topliss-reactive ketones (excluding diaryl/α,β-unsaturated/α-hetero) is 1. The zero-order valence-electron chi connectivity index (χ0n) is 10.8. The van der Waals surface area contributed by atoms with Gasteiger partial charge in [0, 0.05) is 6.42 Å². The van der Waals surface area contributed by atoms with Gasteiger partial charge in [0.25, 0.3) is 0 Å². The molecule has 0 atom stereocenters. The lowest BCUT2D eigenvalue weighted by Crippen LogP contribution is -1.97.